The van der Waals surface area contributed by atoms with Crippen LogP contribution in [0.4, 0.5) is 0 Å². The Morgan fingerprint density at radius 1 is 0.920 bits per heavy atom. The molecule has 2 saturated carbocycles. The van der Waals surface area contributed by atoms with Gasteiger partial charge in [-0.05, 0) is 68.7 Å². The maximum Gasteiger partial charge on any atom is 0.0819 e. The van der Waals surface area contributed by atoms with Gasteiger partial charge in [-0.3, -0.25) is 0 Å². The third kappa shape index (κ3) is 4.27. The number of rotatable bonds is 6. The molecule has 138 valence electrons. The quantitative estimate of drug-likeness (QED) is 0.820. The second-order valence-electron chi connectivity index (χ2n) is 8.51. The Labute approximate surface area is 152 Å². The van der Waals surface area contributed by atoms with Crippen molar-refractivity contribution in [1.82, 2.24) is 10.2 Å². The molecular weight excluding hydrogens is 308 g/mol. The maximum absolute atomic E-state index is 10.8. The average molecular weight is 343 g/mol. The lowest BCUT2D eigenvalue weighted by Gasteiger charge is -2.42. The summed E-state index contributed by atoms with van der Waals surface area (Å²) in [4.78, 5) is 2.66. The third-order valence-corrected chi connectivity index (χ3v) is 6.88. The molecule has 0 spiro atoms. The van der Waals surface area contributed by atoms with E-state index < -0.39 is 0 Å². The van der Waals surface area contributed by atoms with E-state index in [2.05, 4.69) is 34.5 Å². The van der Waals surface area contributed by atoms with Crippen LogP contribution in [-0.4, -0.2) is 35.2 Å². The van der Waals surface area contributed by atoms with Gasteiger partial charge in [0.25, 0.3) is 0 Å². The molecule has 1 aliphatic heterocycles. The second kappa shape index (κ2) is 8.20. The minimum atomic E-state index is -0.291. The van der Waals surface area contributed by atoms with Crippen molar-refractivity contribution in [3.8, 4) is 0 Å². The third-order valence-electron chi connectivity index (χ3n) is 6.88. The topological polar surface area (TPSA) is 35.5 Å². The molecule has 3 aliphatic rings. The van der Waals surface area contributed by atoms with E-state index >= 15 is 0 Å². The summed E-state index contributed by atoms with van der Waals surface area (Å²) in [6.45, 7) is 3.31. The van der Waals surface area contributed by atoms with Gasteiger partial charge in [0.2, 0.25) is 0 Å². The fourth-order valence-corrected chi connectivity index (χ4v) is 4.85. The Balaban J connectivity index is 1.26. The van der Waals surface area contributed by atoms with Crippen LogP contribution in [0.15, 0.2) is 24.3 Å². The fraction of sp³-hybridized carbons (Fsp3) is 0.727. The summed E-state index contributed by atoms with van der Waals surface area (Å²) < 4.78 is 0. The average Bonchev–Trinajstić information content (AvgIpc) is 3.13. The zero-order valence-corrected chi connectivity index (χ0v) is 15.5. The van der Waals surface area contributed by atoms with Crippen LogP contribution >= 0.6 is 0 Å². The predicted molar refractivity (Wildman–Crippen MR) is 102 cm³/mol. The number of aliphatic hydroxyl groups excluding tert-OH is 1. The van der Waals surface area contributed by atoms with Crippen molar-refractivity contribution in [3.05, 3.63) is 35.4 Å². The lowest BCUT2D eigenvalue weighted by molar-refractivity contribution is 0.0289. The van der Waals surface area contributed by atoms with Crippen molar-refractivity contribution in [2.45, 2.75) is 82.5 Å². The molecule has 0 aromatic heterocycles. The Hall–Kier alpha value is -0.900. The largest absolute Gasteiger partial charge is 0.388 e. The number of likely N-dealkylation sites (tertiary alicyclic amines) is 1. The molecule has 1 aromatic carbocycles. The van der Waals surface area contributed by atoms with E-state index in [4.69, 9.17) is 0 Å². The number of benzene rings is 1. The smallest absolute Gasteiger partial charge is 0.0819 e. The standard InChI is InChI=1S/C22H34N2O/c25-22(19-12-14-24(15-13-19)21-6-3-7-21)18-10-8-17(9-11-18)16-23-20-4-1-2-5-20/h8-11,19-23,25H,1-7,12-16H2. The molecular formula is C22H34N2O. The zero-order valence-electron chi connectivity index (χ0n) is 15.5. The van der Waals surface area contributed by atoms with Gasteiger partial charge in [-0.25, -0.2) is 0 Å². The first-order chi connectivity index (χ1) is 12.3. The normalized spacial score (nSPS) is 25.2. The maximum atomic E-state index is 10.8. The van der Waals surface area contributed by atoms with E-state index in [-0.39, 0.29) is 6.10 Å². The Morgan fingerprint density at radius 2 is 1.60 bits per heavy atom. The monoisotopic (exact) mass is 342 g/mol. The molecule has 0 bridgehead atoms. The van der Waals surface area contributed by atoms with E-state index in [1.165, 1.54) is 63.6 Å². The van der Waals surface area contributed by atoms with Gasteiger partial charge in [0, 0.05) is 18.6 Å². The lowest BCUT2D eigenvalue weighted by Crippen LogP contribution is -2.45. The Bertz CT molecular complexity index is 525. The molecule has 1 heterocycles. The van der Waals surface area contributed by atoms with Gasteiger partial charge in [0.05, 0.1) is 6.10 Å². The summed E-state index contributed by atoms with van der Waals surface area (Å²) in [6.07, 6.45) is 11.6. The highest BCUT2D eigenvalue weighted by atomic mass is 16.3. The first-order valence-corrected chi connectivity index (χ1v) is 10.5. The van der Waals surface area contributed by atoms with Crippen LogP contribution in [-0.2, 0) is 6.54 Å². The number of nitrogens with one attached hydrogen (secondary N) is 1. The molecule has 0 radical (unpaired) electrons. The second-order valence-corrected chi connectivity index (χ2v) is 8.51. The predicted octanol–water partition coefficient (Wildman–Crippen LogP) is 4.02. The van der Waals surface area contributed by atoms with Gasteiger partial charge in [-0.1, -0.05) is 43.5 Å². The summed E-state index contributed by atoms with van der Waals surface area (Å²) in [5, 5.41) is 14.5. The van der Waals surface area contributed by atoms with Crippen molar-refractivity contribution in [3.63, 3.8) is 0 Å². The van der Waals surface area contributed by atoms with Crippen LogP contribution in [0, 0.1) is 5.92 Å². The summed E-state index contributed by atoms with van der Waals surface area (Å²) in [5.74, 6) is 0.429. The van der Waals surface area contributed by atoms with Crippen LogP contribution in [0.3, 0.4) is 0 Å². The van der Waals surface area contributed by atoms with Gasteiger partial charge in [0.1, 0.15) is 0 Å². The molecule has 3 heteroatoms. The van der Waals surface area contributed by atoms with Crippen molar-refractivity contribution in [1.29, 1.82) is 0 Å². The van der Waals surface area contributed by atoms with Gasteiger partial charge < -0.3 is 15.3 Å². The number of hydrogen-bond acceptors (Lipinski definition) is 3. The minimum absolute atomic E-state index is 0.291. The molecule has 4 rings (SSSR count). The Morgan fingerprint density at radius 3 is 2.20 bits per heavy atom. The minimum Gasteiger partial charge on any atom is -0.388 e. The molecule has 1 saturated heterocycles. The van der Waals surface area contributed by atoms with Crippen molar-refractivity contribution in [2.75, 3.05) is 13.1 Å². The molecule has 3 nitrogen and oxygen atoms in total. The van der Waals surface area contributed by atoms with Crippen LogP contribution in [0.1, 0.15) is 75.0 Å². The zero-order chi connectivity index (χ0) is 17.1. The van der Waals surface area contributed by atoms with Crippen LogP contribution in [0.25, 0.3) is 0 Å². The van der Waals surface area contributed by atoms with Gasteiger partial charge in [0.15, 0.2) is 0 Å². The van der Waals surface area contributed by atoms with E-state index in [0.717, 1.165) is 31.0 Å². The highest BCUT2D eigenvalue weighted by Gasteiger charge is 2.31. The molecule has 25 heavy (non-hydrogen) atoms. The first-order valence-electron chi connectivity index (χ1n) is 10.5. The first kappa shape index (κ1) is 17.5. The molecule has 1 aromatic rings. The van der Waals surface area contributed by atoms with E-state index in [1.54, 1.807) is 0 Å². The molecule has 1 unspecified atom stereocenters. The molecule has 2 aliphatic carbocycles. The number of hydrogen-bond donors (Lipinski definition) is 2. The fourth-order valence-electron chi connectivity index (χ4n) is 4.85. The summed E-state index contributed by atoms with van der Waals surface area (Å²) in [5.41, 5.74) is 2.44. The highest BCUT2D eigenvalue weighted by molar-refractivity contribution is 5.24. The van der Waals surface area contributed by atoms with Crippen LogP contribution < -0.4 is 5.32 Å². The van der Waals surface area contributed by atoms with Crippen molar-refractivity contribution >= 4 is 0 Å². The lowest BCUT2D eigenvalue weighted by atomic mass is 9.84. The van der Waals surface area contributed by atoms with E-state index in [9.17, 15) is 5.11 Å². The molecule has 3 fully saturated rings. The summed E-state index contributed by atoms with van der Waals surface area (Å²) >= 11 is 0. The summed E-state index contributed by atoms with van der Waals surface area (Å²) in [6, 6.07) is 10.3. The SMILES string of the molecule is OC(c1ccc(CNC2CCCC2)cc1)C1CCN(C2CCC2)CC1. The number of aliphatic hydroxyl groups is 1. The highest BCUT2D eigenvalue weighted by Crippen LogP contribution is 2.34. The summed E-state index contributed by atoms with van der Waals surface area (Å²) in [7, 11) is 0. The van der Waals surface area contributed by atoms with Gasteiger partial charge in [-0.2, -0.15) is 0 Å². The van der Waals surface area contributed by atoms with Gasteiger partial charge >= 0.3 is 0 Å². The Kier molecular flexibility index (Phi) is 5.74. The molecule has 0 amide bonds. The van der Waals surface area contributed by atoms with E-state index in [0.29, 0.717) is 12.0 Å². The molecule has 1 atom stereocenters. The van der Waals surface area contributed by atoms with E-state index in [1.807, 2.05) is 0 Å². The number of piperidine rings is 1. The molecule has 2 N–H and O–H groups in total. The van der Waals surface area contributed by atoms with Gasteiger partial charge in [-0.15, -0.1) is 0 Å². The van der Waals surface area contributed by atoms with Crippen LogP contribution in [0.2, 0.25) is 0 Å². The van der Waals surface area contributed by atoms with Crippen LogP contribution in [0.5, 0.6) is 0 Å². The van der Waals surface area contributed by atoms with Crippen molar-refractivity contribution in [2.24, 2.45) is 5.92 Å². The number of nitrogens with zero attached hydrogens (tertiary/aromatic N) is 1. The van der Waals surface area contributed by atoms with Crippen molar-refractivity contribution < 1.29 is 5.11 Å².